The number of nitrogens with one attached hydrogen (secondary N) is 1. The third-order valence-corrected chi connectivity index (χ3v) is 2.15. The van der Waals surface area contributed by atoms with E-state index in [9.17, 15) is 14.9 Å². The Morgan fingerprint density at radius 2 is 2.21 bits per heavy atom. The molecule has 0 aliphatic carbocycles. The molecule has 0 atom stereocenters. The molecular weight excluding hydrogens is 258 g/mol. The van der Waals surface area contributed by atoms with Crippen molar-refractivity contribution in [3.05, 3.63) is 28.3 Å². The molecule has 3 N–H and O–H groups in total. The van der Waals surface area contributed by atoms with Crippen molar-refractivity contribution in [2.24, 2.45) is 5.84 Å². The number of hydrazine groups is 1. The molecule has 0 saturated carbocycles. The minimum Gasteiger partial charge on any atom is -0.390 e. The zero-order chi connectivity index (χ0) is 13.8. The summed E-state index contributed by atoms with van der Waals surface area (Å²) in [6.45, 7) is 0.624. The molecule has 0 saturated heterocycles. The number of rotatable bonds is 5. The number of nitro groups is 1. The maximum absolute atomic E-state index is 11.1. The lowest BCUT2D eigenvalue weighted by Gasteiger charge is -1.96. The fourth-order valence-electron chi connectivity index (χ4n) is 1.27. The van der Waals surface area contributed by atoms with Gasteiger partial charge >= 0.3 is 5.95 Å². The van der Waals surface area contributed by atoms with Crippen LogP contribution in [0, 0.1) is 10.1 Å². The molecule has 2 aromatic rings. The van der Waals surface area contributed by atoms with Gasteiger partial charge in [0.25, 0.3) is 5.91 Å². The Morgan fingerprint density at radius 3 is 2.84 bits per heavy atom. The number of nitrogens with two attached hydrogens (primary N) is 1. The lowest BCUT2D eigenvalue weighted by molar-refractivity contribution is -0.394. The van der Waals surface area contributed by atoms with E-state index >= 15 is 0 Å². The molecule has 2 aromatic heterocycles. The van der Waals surface area contributed by atoms with Crippen LogP contribution >= 0.6 is 0 Å². The summed E-state index contributed by atoms with van der Waals surface area (Å²) in [5, 5.41) is 21.3. The summed E-state index contributed by atoms with van der Waals surface area (Å²) < 4.78 is 2.68. The van der Waals surface area contributed by atoms with Gasteiger partial charge in [0.1, 0.15) is 0 Å². The highest BCUT2D eigenvalue weighted by molar-refractivity contribution is 5.91. The van der Waals surface area contributed by atoms with Crippen LogP contribution in [0.15, 0.2) is 12.5 Å². The Balaban J connectivity index is 1.96. The zero-order valence-electron chi connectivity index (χ0n) is 9.50. The SMILES string of the molecule is NNC(=O)c1cn(CCn2cnc([N+](=O)[O-])n2)nn1. The van der Waals surface area contributed by atoms with Gasteiger partial charge in [0, 0.05) is 5.10 Å². The lowest BCUT2D eigenvalue weighted by Crippen LogP contribution is -2.30. The first-order valence-corrected chi connectivity index (χ1v) is 5.05. The minimum absolute atomic E-state index is 0.0760. The number of hydrogen-bond donors (Lipinski definition) is 2. The van der Waals surface area contributed by atoms with E-state index in [2.05, 4.69) is 20.4 Å². The Hall–Kier alpha value is -2.89. The van der Waals surface area contributed by atoms with Crippen molar-refractivity contribution in [3.63, 3.8) is 0 Å². The predicted molar refractivity (Wildman–Crippen MR) is 58.4 cm³/mol. The van der Waals surface area contributed by atoms with Crippen molar-refractivity contribution in [2.45, 2.75) is 13.1 Å². The summed E-state index contributed by atoms with van der Waals surface area (Å²) in [6, 6.07) is 0. The third kappa shape index (κ3) is 2.86. The molecular formula is C7H9N9O3. The maximum Gasteiger partial charge on any atom is 0.490 e. The Labute approximate surface area is 105 Å². The van der Waals surface area contributed by atoms with E-state index in [1.165, 1.54) is 21.9 Å². The van der Waals surface area contributed by atoms with E-state index in [0.717, 1.165) is 0 Å². The predicted octanol–water partition coefficient (Wildman–Crippen LogP) is -1.92. The lowest BCUT2D eigenvalue weighted by atomic mass is 10.4. The summed E-state index contributed by atoms with van der Waals surface area (Å²) in [4.78, 5) is 24.3. The maximum atomic E-state index is 11.1. The van der Waals surface area contributed by atoms with Gasteiger partial charge in [-0.1, -0.05) is 10.2 Å². The Kier molecular flexibility index (Phi) is 3.42. The summed E-state index contributed by atoms with van der Waals surface area (Å²) >= 11 is 0. The van der Waals surface area contributed by atoms with Crippen molar-refractivity contribution in [3.8, 4) is 0 Å². The second-order valence-corrected chi connectivity index (χ2v) is 3.41. The molecule has 0 aliphatic heterocycles. The summed E-state index contributed by atoms with van der Waals surface area (Å²) in [7, 11) is 0. The van der Waals surface area contributed by atoms with E-state index in [4.69, 9.17) is 5.84 Å². The summed E-state index contributed by atoms with van der Waals surface area (Å²) in [5.41, 5.74) is 2.00. The first-order valence-electron chi connectivity index (χ1n) is 5.05. The second kappa shape index (κ2) is 5.18. The van der Waals surface area contributed by atoms with Gasteiger partial charge in [-0.05, 0) is 4.92 Å². The first kappa shape index (κ1) is 12.6. The van der Waals surface area contributed by atoms with Crippen molar-refractivity contribution in [1.29, 1.82) is 0 Å². The fourth-order valence-corrected chi connectivity index (χ4v) is 1.27. The molecule has 0 aliphatic rings. The van der Waals surface area contributed by atoms with Crippen LogP contribution in [0.3, 0.4) is 0 Å². The number of aromatic nitrogens is 6. The summed E-state index contributed by atoms with van der Waals surface area (Å²) in [5.74, 6) is 3.92. The standard InChI is InChI=1S/C7H9N9O3/c8-10-6(17)5-3-14(13-11-5)1-2-15-4-9-7(12-15)16(18)19/h3-4H,1-2,8H2,(H,10,17). The molecule has 12 nitrogen and oxygen atoms in total. The quantitative estimate of drug-likeness (QED) is 0.274. The fraction of sp³-hybridized carbons (Fsp3) is 0.286. The van der Waals surface area contributed by atoms with Crippen molar-refractivity contribution < 1.29 is 9.72 Å². The van der Waals surface area contributed by atoms with Gasteiger partial charge in [0.2, 0.25) is 6.33 Å². The number of carbonyl (C=O) groups excluding carboxylic acids is 1. The minimum atomic E-state index is -0.685. The van der Waals surface area contributed by atoms with Crippen LogP contribution in [0.1, 0.15) is 10.5 Å². The average molecular weight is 267 g/mol. The van der Waals surface area contributed by atoms with Gasteiger partial charge in [-0.3, -0.25) is 10.2 Å². The van der Waals surface area contributed by atoms with E-state index in [0.29, 0.717) is 13.1 Å². The van der Waals surface area contributed by atoms with Crippen molar-refractivity contribution >= 4 is 11.9 Å². The van der Waals surface area contributed by atoms with E-state index in [1.54, 1.807) is 0 Å². The number of aryl methyl sites for hydroxylation is 2. The summed E-state index contributed by atoms with van der Waals surface area (Å²) in [6.07, 6.45) is 2.64. The van der Waals surface area contributed by atoms with Crippen LogP contribution in [-0.2, 0) is 13.1 Å². The van der Waals surface area contributed by atoms with Gasteiger partial charge in [0.05, 0.1) is 19.3 Å². The molecule has 0 bridgehead atoms. The first-order chi connectivity index (χ1) is 9.10. The molecule has 0 spiro atoms. The molecule has 0 fully saturated rings. The van der Waals surface area contributed by atoms with Crippen LogP contribution in [0.25, 0.3) is 0 Å². The Bertz CT molecular complexity index is 602. The van der Waals surface area contributed by atoms with E-state index in [-0.39, 0.29) is 5.69 Å². The topological polar surface area (TPSA) is 160 Å². The monoisotopic (exact) mass is 267 g/mol. The number of nitrogen functional groups attached to an aromatic ring is 1. The molecule has 2 rings (SSSR count). The van der Waals surface area contributed by atoms with Gasteiger partial charge < -0.3 is 10.1 Å². The molecule has 0 unspecified atom stereocenters. The van der Waals surface area contributed by atoms with Crippen LogP contribution in [0.2, 0.25) is 0 Å². The molecule has 12 heteroatoms. The molecule has 0 aromatic carbocycles. The van der Waals surface area contributed by atoms with E-state index < -0.39 is 16.8 Å². The highest BCUT2D eigenvalue weighted by Gasteiger charge is 2.13. The van der Waals surface area contributed by atoms with Gasteiger partial charge in [-0.25, -0.2) is 10.5 Å². The highest BCUT2D eigenvalue weighted by atomic mass is 16.6. The van der Waals surface area contributed by atoms with Crippen molar-refractivity contribution in [2.75, 3.05) is 0 Å². The van der Waals surface area contributed by atoms with Gasteiger partial charge in [0.15, 0.2) is 5.69 Å². The number of nitrogens with zero attached hydrogens (tertiary/aromatic N) is 7. The zero-order valence-corrected chi connectivity index (χ0v) is 9.50. The average Bonchev–Trinajstić information content (AvgIpc) is 3.04. The van der Waals surface area contributed by atoms with Crippen LogP contribution < -0.4 is 11.3 Å². The van der Waals surface area contributed by atoms with Crippen LogP contribution in [0.4, 0.5) is 5.95 Å². The van der Waals surface area contributed by atoms with Crippen LogP contribution in [0.5, 0.6) is 0 Å². The molecule has 2 heterocycles. The smallest absolute Gasteiger partial charge is 0.390 e. The number of carbonyl (C=O) groups is 1. The van der Waals surface area contributed by atoms with Gasteiger partial charge in [-0.2, -0.15) is 4.68 Å². The van der Waals surface area contributed by atoms with Crippen LogP contribution in [-0.4, -0.2) is 40.6 Å². The van der Waals surface area contributed by atoms with E-state index in [1.807, 2.05) is 5.43 Å². The highest BCUT2D eigenvalue weighted by Crippen LogP contribution is 2.00. The molecule has 100 valence electrons. The number of amides is 1. The molecule has 1 amide bonds. The largest absolute Gasteiger partial charge is 0.490 e. The third-order valence-electron chi connectivity index (χ3n) is 2.15. The van der Waals surface area contributed by atoms with Crippen molar-refractivity contribution in [1.82, 2.24) is 35.2 Å². The number of hydrogen-bond acceptors (Lipinski definition) is 8. The Morgan fingerprint density at radius 1 is 1.47 bits per heavy atom. The molecule has 19 heavy (non-hydrogen) atoms. The molecule has 0 radical (unpaired) electrons. The normalized spacial score (nSPS) is 10.4. The second-order valence-electron chi connectivity index (χ2n) is 3.41. The van der Waals surface area contributed by atoms with Gasteiger partial charge in [-0.15, -0.1) is 5.10 Å².